The van der Waals surface area contributed by atoms with Crippen molar-refractivity contribution >= 4 is 17.4 Å². The molecule has 0 aliphatic carbocycles. The second-order valence-electron chi connectivity index (χ2n) is 9.99. The van der Waals surface area contributed by atoms with Crippen LogP contribution in [0.1, 0.15) is 16.8 Å². The van der Waals surface area contributed by atoms with E-state index < -0.39 is 5.60 Å². The third kappa shape index (κ3) is 5.19. The van der Waals surface area contributed by atoms with Gasteiger partial charge in [0.25, 0.3) is 5.91 Å². The molecule has 8 heteroatoms. The lowest BCUT2D eigenvalue weighted by Crippen LogP contribution is -2.53. The van der Waals surface area contributed by atoms with Crippen LogP contribution in [0.2, 0.25) is 0 Å². The van der Waals surface area contributed by atoms with Crippen LogP contribution in [-0.4, -0.2) is 115 Å². The van der Waals surface area contributed by atoms with Crippen molar-refractivity contribution in [1.29, 1.82) is 0 Å². The number of carbonyl (C=O) groups is 1. The Morgan fingerprint density at radius 1 is 0.941 bits per heavy atom. The molecule has 34 heavy (non-hydrogen) atoms. The van der Waals surface area contributed by atoms with Gasteiger partial charge in [-0.15, -0.1) is 0 Å². The van der Waals surface area contributed by atoms with Crippen molar-refractivity contribution in [2.24, 2.45) is 0 Å². The fourth-order valence-corrected chi connectivity index (χ4v) is 5.32. The van der Waals surface area contributed by atoms with Crippen LogP contribution in [0.4, 0.5) is 11.5 Å². The Bertz CT molecular complexity index is 972. The van der Waals surface area contributed by atoms with E-state index in [0.717, 1.165) is 58.2 Å². The van der Waals surface area contributed by atoms with Crippen molar-refractivity contribution in [2.75, 3.05) is 88.8 Å². The smallest absolute Gasteiger partial charge is 0.254 e. The number of aromatic nitrogens is 1. The van der Waals surface area contributed by atoms with Gasteiger partial charge < -0.3 is 24.7 Å². The molecule has 0 radical (unpaired) electrons. The molecule has 0 unspecified atom stereocenters. The number of rotatable bonds is 5. The molecule has 3 saturated heterocycles. The van der Waals surface area contributed by atoms with Crippen molar-refractivity contribution in [3.05, 3.63) is 54.2 Å². The Balaban J connectivity index is 1.15. The molecule has 3 aliphatic rings. The summed E-state index contributed by atoms with van der Waals surface area (Å²) in [7, 11) is 2.13. The van der Waals surface area contributed by atoms with Gasteiger partial charge in [0.15, 0.2) is 0 Å². The van der Waals surface area contributed by atoms with Gasteiger partial charge in [-0.3, -0.25) is 9.69 Å². The molecule has 0 bridgehead atoms. The first-order valence-corrected chi connectivity index (χ1v) is 12.4. The van der Waals surface area contributed by atoms with Crippen LogP contribution in [0.5, 0.6) is 0 Å². The number of likely N-dealkylation sites (N-methyl/N-ethyl adjacent to an activating group) is 1. The Morgan fingerprint density at radius 3 is 2.38 bits per heavy atom. The summed E-state index contributed by atoms with van der Waals surface area (Å²) in [4.78, 5) is 28.9. The van der Waals surface area contributed by atoms with Crippen molar-refractivity contribution in [3.63, 3.8) is 0 Å². The van der Waals surface area contributed by atoms with E-state index in [1.54, 1.807) is 12.3 Å². The number of nitrogens with zero attached hydrogens (tertiary/aromatic N) is 6. The van der Waals surface area contributed by atoms with Gasteiger partial charge in [0, 0.05) is 82.9 Å². The normalized spacial score (nSPS) is 24.6. The highest BCUT2D eigenvalue weighted by molar-refractivity contribution is 5.95. The molecule has 4 heterocycles. The highest BCUT2D eigenvalue weighted by Crippen LogP contribution is 2.26. The average molecular weight is 465 g/mol. The van der Waals surface area contributed by atoms with Crippen molar-refractivity contribution in [3.8, 4) is 0 Å². The lowest BCUT2D eigenvalue weighted by Gasteiger charge is -2.39. The molecule has 3 aliphatic heterocycles. The SMILES string of the molecule is CN1CCN(c2cc(C(=O)N3CC[C@](O)(CN4CCN(c5ccccc5)CC4)C3)ccn2)CC1. The maximum atomic E-state index is 13.3. The van der Waals surface area contributed by atoms with Gasteiger partial charge in [-0.05, 0) is 37.7 Å². The Hall–Kier alpha value is -2.68. The van der Waals surface area contributed by atoms with E-state index in [4.69, 9.17) is 0 Å². The molecule has 0 saturated carbocycles. The van der Waals surface area contributed by atoms with E-state index in [9.17, 15) is 9.90 Å². The highest BCUT2D eigenvalue weighted by atomic mass is 16.3. The summed E-state index contributed by atoms with van der Waals surface area (Å²) in [6.07, 6.45) is 2.35. The maximum Gasteiger partial charge on any atom is 0.254 e. The lowest BCUT2D eigenvalue weighted by atomic mass is 10.0. The molecule has 1 atom stereocenters. The summed E-state index contributed by atoms with van der Waals surface area (Å²) in [5.74, 6) is 0.854. The zero-order valence-corrected chi connectivity index (χ0v) is 20.1. The van der Waals surface area contributed by atoms with Crippen LogP contribution in [0, 0.1) is 0 Å². The lowest BCUT2D eigenvalue weighted by molar-refractivity contribution is 0.0103. The standard InChI is InChI=1S/C26H36N6O2/c1-28-11-15-31(16-12-28)24-19-22(7-9-27-24)25(33)32-10-8-26(34,21-32)20-29-13-17-30(18-14-29)23-5-3-2-4-6-23/h2-7,9,19,34H,8,10-18,20-21H2,1H3/t26-/m0/s1. The van der Waals surface area contributed by atoms with Crippen molar-refractivity contribution in [1.82, 2.24) is 19.7 Å². The number of anilines is 2. The fraction of sp³-hybridized carbons (Fsp3) is 0.538. The second-order valence-corrected chi connectivity index (χ2v) is 9.99. The first kappa shape index (κ1) is 23.1. The zero-order chi connectivity index (χ0) is 23.5. The summed E-state index contributed by atoms with van der Waals surface area (Å²) in [5.41, 5.74) is 1.06. The first-order chi connectivity index (χ1) is 16.5. The number of amides is 1. The minimum atomic E-state index is -0.849. The van der Waals surface area contributed by atoms with Crippen LogP contribution in [0.3, 0.4) is 0 Å². The molecule has 1 aromatic carbocycles. The first-order valence-electron chi connectivity index (χ1n) is 12.4. The van der Waals surface area contributed by atoms with Crippen molar-refractivity contribution < 1.29 is 9.90 Å². The zero-order valence-electron chi connectivity index (χ0n) is 20.1. The highest BCUT2D eigenvalue weighted by Gasteiger charge is 2.40. The number of para-hydroxylation sites is 1. The van der Waals surface area contributed by atoms with E-state index in [1.165, 1.54) is 5.69 Å². The largest absolute Gasteiger partial charge is 0.387 e. The van der Waals surface area contributed by atoms with Gasteiger partial charge in [0.05, 0.1) is 12.1 Å². The van der Waals surface area contributed by atoms with Crippen molar-refractivity contribution in [2.45, 2.75) is 12.0 Å². The number of hydrogen-bond acceptors (Lipinski definition) is 7. The number of likely N-dealkylation sites (tertiary alicyclic amines) is 1. The van der Waals surface area contributed by atoms with Gasteiger partial charge in [-0.2, -0.15) is 0 Å². The minimum absolute atomic E-state index is 0.0115. The van der Waals surface area contributed by atoms with E-state index in [1.807, 2.05) is 17.0 Å². The van der Waals surface area contributed by atoms with E-state index in [0.29, 0.717) is 31.6 Å². The molecule has 3 fully saturated rings. The Labute approximate surface area is 202 Å². The summed E-state index contributed by atoms with van der Waals surface area (Å²) in [6, 6.07) is 14.2. The summed E-state index contributed by atoms with van der Waals surface area (Å²) in [5, 5.41) is 11.3. The predicted octanol–water partition coefficient (Wildman–Crippen LogP) is 1.23. The third-order valence-corrected chi connectivity index (χ3v) is 7.45. The summed E-state index contributed by atoms with van der Waals surface area (Å²) < 4.78 is 0. The van der Waals surface area contributed by atoms with Crippen LogP contribution in [0.25, 0.3) is 0 Å². The topological polar surface area (TPSA) is 66.4 Å². The quantitative estimate of drug-likeness (QED) is 0.714. The van der Waals surface area contributed by atoms with Crippen LogP contribution >= 0.6 is 0 Å². The summed E-state index contributed by atoms with van der Waals surface area (Å²) in [6.45, 7) is 9.17. The minimum Gasteiger partial charge on any atom is -0.387 e. The summed E-state index contributed by atoms with van der Waals surface area (Å²) >= 11 is 0. The van der Waals surface area contributed by atoms with Gasteiger partial charge in [-0.25, -0.2) is 4.98 Å². The molecule has 2 aromatic rings. The number of piperazine rings is 2. The van der Waals surface area contributed by atoms with Crippen LogP contribution in [0.15, 0.2) is 48.7 Å². The molecule has 1 N–H and O–H groups in total. The predicted molar refractivity (Wildman–Crippen MR) is 135 cm³/mol. The Morgan fingerprint density at radius 2 is 1.65 bits per heavy atom. The molecule has 1 aromatic heterocycles. The van der Waals surface area contributed by atoms with E-state index in [2.05, 4.69) is 55.9 Å². The molecule has 8 nitrogen and oxygen atoms in total. The number of β-amino-alcohol motifs (C(OH)–C–C–N with tert-alkyl or cyclic N) is 1. The molecule has 1 amide bonds. The van der Waals surface area contributed by atoms with Gasteiger partial charge >= 0.3 is 0 Å². The molecular weight excluding hydrogens is 428 g/mol. The Kier molecular flexibility index (Phi) is 6.72. The fourth-order valence-electron chi connectivity index (χ4n) is 5.32. The van der Waals surface area contributed by atoms with E-state index in [-0.39, 0.29) is 5.91 Å². The number of pyridine rings is 1. The van der Waals surface area contributed by atoms with Gasteiger partial charge in [0.1, 0.15) is 5.82 Å². The molecule has 5 rings (SSSR count). The monoisotopic (exact) mass is 464 g/mol. The van der Waals surface area contributed by atoms with Crippen LogP contribution < -0.4 is 9.80 Å². The van der Waals surface area contributed by atoms with Gasteiger partial charge in [-0.1, -0.05) is 18.2 Å². The van der Waals surface area contributed by atoms with Crippen LogP contribution in [-0.2, 0) is 0 Å². The molecule has 0 spiro atoms. The number of aliphatic hydroxyl groups is 1. The molecular formula is C26H36N6O2. The van der Waals surface area contributed by atoms with Gasteiger partial charge in [0.2, 0.25) is 0 Å². The third-order valence-electron chi connectivity index (χ3n) is 7.45. The average Bonchev–Trinajstić information content (AvgIpc) is 3.26. The maximum absolute atomic E-state index is 13.3. The number of carbonyl (C=O) groups excluding carboxylic acids is 1. The number of benzene rings is 1. The molecule has 182 valence electrons. The second kappa shape index (κ2) is 9.90. The van der Waals surface area contributed by atoms with E-state index >= 15 is 0 Å². The number of hydrogen-bond donors (Lipinski definition) is 1.